The molecule has 1 fully saturated rings. The smallest absolute Gasteiger partial charge is 0.260 e. The molecule has 2 aromatic carbocycles. The van der Waals surface area contributed by atoms with Crippen LogP contribution in [0.3, 0.4) is 0 Å². The van der Waals surface area contributed by atoms with Gasteiger partial charge in [0.2, 0.25) is 11.8 Å². The zero-order valence-electron chi connectivity index (χ0n) is 21.6. The zero-order chi connectivity index (χ0) is 27.3. The minimum absolute atomic E-state index is 0.0969. The summed E-state index contributed by atoms with van der Waals surface area (Å²) in [6.07, 6.45) is 2.19. The molecular weight excluding hydrogens is 512 g/mol. The van der Waals surface area contributed by atoms with Crippen molar-refractivity contribution in [1.82, 2.24) is 10.3 Å². The minimum atomic E-state index is -0.306. The van der Waals surface area contributed by atoms with Gasteiger partial charge in [-0.15, -0.1) is 0 Å². The molecule has 0 atom stereocenters. The number of nitrogens with one attached hydrogen (secondary N) is 2. The summed E-state index contributed by atoms with van der Waals surface area (Å²) in [5, 5.41) is 7.37. The third-order valence-corrected chi connectivity index (χ3v) is 6.14. The van der Waals surface area contributed by atoms with Gasteiger partial charge in [0, 0.05) is 36.6 Å². The molecule has 11 heteroatoms. The molecular formula is C27H33ClN4O6. The van der Waals surface area contributed by atoms with E-state index in [1.165, 1.54) is 6.21 Å². The maximum atomic E-state index is 12.3. The number of carbonyl (C=O) groups excluding carboxylic acids is 3. The maximum Gasteiger partial charge on any atom is 0.260 e. The monoisotopic (exact) mass is 544 g/mol. The predicted molar refractivity (Wildman–Crippen MR) is 145 cm³/mol. The quantitative estimate of drug-likeness (QED) is 0.312. The zero-order valence-corrected chi connectivity index (χ0v) is 22.4. The van der Waals surface area contributed by atoms with Gasteiger partial charge < -0.3 is 24.4 Å². The number of carbonyl (C=O) groups is 3. The Bertz CT molecular complexity index is 1150. The average molecular weight is 545 g/mol. The number of nitrogens with zero attached hydrogens (tertiary/aromatic N) is 2. The topological polar surface area (TPSA) is 119 Å². The van der Waals surface area contributed by atoms with Crippen LogP contribution in [0.25, 0.3) is 0 Å². The summed E-state index contributed by atoms with van der Waals surface area (Å²) in [6, 6.07) is 10.5. The van der Waals surface area contributed by atoms with Crippen molar-refractivity contribution in [2.24, 2.45) is 5.10 Å². The summed E-state index contributed by atoms with van der Waals surface area (Å²) in [5.74, 6) is 0.309. The molecule has 2 aromatic rings. The van der Waals surface area contributed by atoms with Crippen LogP contribution < -0.4 is 20.2 Å². The van der Waals surface area contributed by atoms with Crippen molar-refractivity contribution in [3.8, 4) is 11.5 Å². The van der Waals surface area contributed by atoms with Crippen LogP contribution in [0, 0.1) is 6.92 Å². The van der Waals surface area contributed by atoms with Crippen LogP contribution >= 0.6 is 11.6 Å². The van der Waals surface area contributed by atoms with Crippen LogP contribution in [0.2, 0.25) is 5.02 Å². The average Bonchev–Trinajstić information content (AvgIpc) is 2.91. The lowest BCUT2D eigenvalue weighted by Crippen LogP contribution is -2.43. The molecule has 2 N–H and O–H groups in total. The van der Waals surface area contributed by atoms with Crippen molar-refractivity contribution in [3.63, 3.8) is 0 Å². The summed E-state index contributed by atoms with van der Waals surface area (Å²) in [7, 11) is 0. The van der Waals surface area contributed by atoms with Gasteiger partial charge in [0.25, 0.3) is 5.91 Å². The maximum absolute atomic E-state index is 12.3. The Morgan fingerprint density at radius 1 is 1.08 bits per heavy atom. The minimum Gasteiger partial charge on any atom is -0.490 e. The van der Waals surface area contributed by atoms with E-state index in [9.17, 15) is 14.4 Å². The van der Waals surface area contributed by atoms with Crippen LogP contribution in [-0.2, 0) is 19.1 Å². The molecule has 0 unspecified atom stereocenters. The molecule has 3 amide bonds. The molecule has 1 aliphatic heterocycles. The number of hydrogen-bond donors (Lipinski definition) is 2. The molecule has 0 radical (unpaired) electrons. The Morgan fingerprint density at radius 2 is 1.84 bits per heavy atom. The second-order valence-corrected chi connectivity index (χ2v) is 8.94. The van der Waals surface area contributed by atoms with Gasteiger partial charge in [-0.25, -0.2) is 5.43 Å². The van der Waals surface area contributed by atoms with Gasteiger partial charge in [-0.3, -0.25) is 14.4 Å². The van der Waals surface area contributed by atoms with Gasteiger partial charge in [-0.1, -0.05) is 17.7 Å². The van der Waals surface area contributed by atoms with E-state index in [1.54, 1.807) is 41.3 Å². The molecule has 10 nitrogen and oxygen atoms in total. The van der Waals surface area contributed by atoms with Crippen LogP contribution in [0.5, 0.6) is 11.5 Å². The number of hydrazone groups is 1. The standard InChI is InChI=1S/C27H33ClN4O6/c1-3-37-24-16-20(10-11-23(24)38-18-27(35)32-12-14-36-15-13-32)17-29-31-26(34)9-5-8-25(33)30-22-7-4-6-21(28)19(22)2/h4,6-7,10-11,16-17H,3,5,8-9,12-15,18H2,1-2H3,(H,30,33)(H,31,34)/b29-17-. The van der Waals surface area contributed by atoms with Crippen molar-refractivity contribution in [2.45, 2.75) is 33.1 Å². The fraction of sp³-hybridized carbons (Fsp3) is 0.407. The van der Waals surface area contributed by atoms with E-state index >= 15 is 0 Å². The summed E-state index contributed by atoms with van der Waals surface area (Å²) >= 11 is 6.07. The number of hydrogen-bond acceptors (Lipinski definition) is 7. The van der Waals surface area contributed by atoms with Crippen LogP contribution in [0.15, 0.2) is 41.5 Å². The Balaban J connectivity index is 1.43. The molecule has 0 aliphatic carbocycles. The van der Waals surface area contributed by atoms with Crippen molar-refractivity contribution in [2.75, 3.05) is 44.8 Å². The number of halogens is 1. The van der Waals surface area contributed by atoms with E-state index in [1.807, 2.05) is 13.8 Å². The lowest BCUT2D eigenvalue weighted by Gasteiger charge is -2.26. The largest absolute Gasteiger partial charge is 0.490 e. The summed E-state index contributed by atoms with van der Waals surface area (Å²) in [5.41, 5.74) is 4.59. The van der Waals surface area contributed by atoms with Crippen LogP contribution in [0.4, 0.5) is 5.69 Å². The second kappa shape index (κ2) is 14.9. The highest BCUT2D eigenvalue weighted by molar-refractivity contribution is 6.31. The van der Waals surface area contributed by atoms with E-state index in [0.717, 1.165) is 5.56 Å². The first-order valence-electron chi connectivity index (χ1n) is 12.5. The highest BCUT2D eigenvalue weighted by Crippen LogP contribution is 2.28. The Kier molecular flexibility index (Phi) is 11.4. The molecule has 1 saturated heterocycles. The molecule has 1 aliphatic rings. The van der Waals surface area contributed by atoms with Gasteiger partial charge in [0.1, 0.15) is 0 Å². The second-order valence-electron chi connectivity index (χ2n) is 8.53. The molecule has 0 aromatic heterocycles. The Hall–Kier alpha value is -3.63. The van der Waals surface area contributed by atoms with Gasteiger partial charge in [0.05, 0.1) is 26.0 Å². The number of amides is 3. The first-order valence-corrected chi connectivity index (χ1v) is 12.9. The molecule has 0 saturated carbocycles. The third-order valence-electron chi connectivity index (χ3n) is 5.73. The third kappa shape index (κ3) is 9.04. The molecule has 0 spiro atoms. The van der Waals surface area contributed by atoms with Crippen molar-refractivity contribution < 1.29 is 28.6 Å². The Labute approximate surface area is 227 Å². The van der Waals surface area contributed by atoms with E-state index in [-0.39, 0.29) is 37.2 Å². The molecule has 38 heavy (non-hydrogen) atoms. The normalized spacial score (nSPS) is 13.3. The molecule has 204 valence electrons. The van der Waals surface area contributed by atoms with Gasteiger partial charge in [-0.05, 0) is 61.7 Å². The van der Waals surface area contributed by atoms with E-state index in [2.05, 4.69) is 15.8 Å². The number of anilines is 1. The SMILES string of the molecule is CCOc1cc(/C=N\NC(=O)CCCC(=O)Nc2cccc(Cl)c2C)ccc1OCC(=O)N1CCOCC1. The molecule has 1 heterocycles. The first-order chi connectivity index (χ1) is 18.4. The summed E-state index contributed by atoms with van der Waals surface area (Å²) < 4.78 is 16.6. The van der Waals surface area contributed by atoms with Gasteiger partial charge >= 0.3 is 0 Å². The first kappa shape index (κ1) is 28.9. The van der Waals surface area contributed by atoms with Gasteiger partial charge in [-0.2, -0.15) is 5.10 Å². The highest BCUT2D eigenvalue weighted by atomic mass is 35.5. The van der Waals surface area contributed by atoms with E-state index in [0.29, 0.717) is 67.1 Å². The summed E-state index contributed by atoms with van der Waals surface area (Å²) in [6.45, 7) is 6.15. The summed E-state index contributed by atoms with van der Waals surface area (Å²) in [4.78, 5) is 38.3. The number of rotatable bonds is 12. The molecule has 3 rings (SSSR count). The van der Waals surface area contributed by atoms with Crippen molar-refractivity contribution in [3.05, 3.63) is 52.5 Å². The molecule has 0 bridgehead atoms. The number of benzene rings is 2. The van der Waals surface area contributed by atoms with E-state index in [4.69, 9.17) is 25.8 Å². The van der Waals surface area contributed by atoms with Gasteiger partial charge in [0.15, 0.2) is 18.1 Å². The highest BCUT2D eigenvalue weighted by Gasteiger charge is 2.18. The number of ether oxygens (including phenoxy) is 3. The van der Waals surface area contributed by atoms with Crippen LogP contribution in [-0.4, -0.2) is 68.4 Å². The van der Waals surface area contributed by atoms with E-state index < -0.39 is 0 Å². The fourth-order valence-electron chi connectivity index (χ4n) is 3.64. The van der Waals surface area contributed by atoms with Crippen molar-refractivity contribution >= 4 is 41.2 Å². The fourth-order valence-corrected chi connectivity index (χ4v) is 3.81. The lowest BCUT2D eigenvalue weighted by atomic mass is 10.2. The number of morpholine rings is 1. The van der Waals surface area contributed by atoms with Crippen LogP contribution in [0.1, 0.15) is 37.3 Å². The Morgan fingerprint density at radius 3 is 2.61 bits per heavy atom. The lowest BCUT2D eigenvalue weighted by molar-refractivity contribution is -0.137. The van der Waals surface area contributed by atoms with Crippen molar-refractivity contribution in [1.29, 1.82) is 0 Å². The predicted octanol–water partition coefficient (Wildman–Crippen LogP) is 3.54.